The number of aromatic nitrogens is 1. The van der Waals surface area contributed by atoms with E-state index in [0.29, 0.717) is 6.54 Å². The van der Waals surface area contributed by atoms with Crippen LogP contribution in [-0.4, -0.2) is 36.4 Å². The Balaban J connectivity index is 1.92. The molecule has 0 spiro atoms. The smallest absolute Gasteiger partial charge is 0.270 e. The van der Waals surface area contributed by atoms with Gasteiger partial charge < -0.3 is 16.4 Å². The maximum absolute atomic E-state index is 11.8. The van der Waals surface area contributed by atoms with Crippen LogP contribution in [0.3, 0.4) is 0 Å². The lowest BCUT2D eigenvalue weighted by Crippen LogP contribution is -2.30. The van der Waals surface area contributed by atoms with Gasteiger partial charge in [0.2, 0.25) is 5.91 Å². The molecule has 2 heterocycles. The molecule has 1 aromatic rings. The van der Waals surface area contributed by atoms with E-state index in [1.165, 1.54) is 23.9 Å². The average Bonchev–Trinajstić information content (AvgIpc) is 2.46. The Bertz CT molecular complexity index is 508. The zero-order chi connectivity index (χ0) is 13.7. The zero-order valence-corrected chi connectivity index (χ0v) is 10.5. The van der Waals surface area contributed by atoms with Crippen molar-refractivity contribution in [2.75, 3.05) is 19.6 Å². The number of hydrogen-bond acceptors (Lipinski definition) is 4. The van der Waals surface area contributed by atoms with Gasteiger partial charge >= 0.3 is 0 Å². The second-order valence-electron chi connectivity index (χ2n) is 4.30. The summed E-state index contributed by atoms with van der Waals surface area (Å²) in [7, 11) is 0. The molecule has 4 N–H and O–H groups in total. The number of nitrogens with one attached hydrogen (secondary N) is 2. The van der Waals surface area contributed by atoms with Crippen LogP contribution in [0.25, 0.3) is 0 Å². The SMILES string of the molecule is NC(=O)c1ccc(C(=O)NCC2=CCNCC2)nc1. The van der Waals surface area contributed by atoms with Gasteiger partial charge in [-0.15, -0.1) is 0 Å². The Kier molecular flexibility index (Phi) is 4.25. The third kappa shape index (κ3) is 3.62. The normalized spacial score (nSPS) is 14.6. The number of nitrogens with two attached hydrogens (primary N) is 1. The summed E-state index contributed by atoms with van der Waals surface area (Å²) in [6, 6.07) is 2.99. The lowest BCUT2D eigenvalue weighted by Gasteiger charge is -2.14. The molecule has 100 valence electrons. The second kappa shape index (κ2) is 6.10. The Hall–Kier alpha value is -2.21. The van der Waals surface area contributed by atoms with Crippen LogP contribution >= 0.6 is 0 Å². The van der Waals surface area contributed by atoms with Crippen LogP contribution in [-0.2, 0) is 0 Å². The second-order valence-corrected chi connectivity index (χ2v) is 4.30. The molecule has 0 saturated carbocycles. The van der Waals surface area contributed by atoms with Crippen molar-refractivity contribution < 1.29 is 9.59 Å². The maximum Gasteiger partial charge on any atom is 0.270 e. The number of amides is 2. The number of carbonyl (C=O) groups is 2. The minimum absolute atomic E-state index is 0.254. The molecule has 6 heteroatoms. The standard InChI is InChI=1S/C13H16N4O2/c14-12(18)10-1-2-11(16-8-10)13(19)17-7-9-3-5-15-6-4-9/h1-3,8,15H,4-7H2,(H2,14,18)(H,17,19). The zero-order valence-electron chi connectivity index (χ0n) is 10.5. The first-order chi connectivity index (χ1) is 9.16. The molecule has 1 aliphatic heterocycles. The molecule has 1 aliphatic rings. The van der Waals surface area contributed by atoms with E-state index in [9.17, 15) is 9.59 Å². The van der Waals surface area contributed by atoms with Gasteiger partial charge in [-0.2, -0.15) is 0 Å². The van der Waals surface area contributed by atoms with E-state index in [-0.39, 0.29) is 17.2 Å². The van der Waals surface area contributed by atoms with E-state index in [4.69, 9.17) is 5.73 Å². The highest BCUT2D eigenvalue weighted by atomic mass is 16.2. The Morgan fingerprint density at radius 1 is 1.42 bits per heavy atom. The molecule has 0 aromatic carbocycles. The van der Waals surface area contributed by atoms with Crippen molar-refractivity contribution in [3.8, 4) is 0 Å². The summed E-state index contributed by atoms with van der Waals surface area (Å²) in [5, 5.41) is 6.01. The van der Waals surface area contributed by atoms with Gasteiger partial charge in [-0.3, -0.25) is 14.6 Å². The van der Waals surface area contributed by atoms with Gasteiger partial charge in [-0.25, -0.2) is 0 Å². The summed E-state index contributed by atoms with van der Waals surface area (Å²) in [4.78, 5) is 26.6. The number of pyridine rings is 1. The Morgan fingerprint density at radius 2 is 2.26 bits per heavy atom. The van der Waals surface area contributed by atoms with E-state index in [0.717, 1.165) is 19.5 Å². The van der Waals surface area contributed by atoms with E-state index in [2.05, 4.69) is 21.7 Å². The topological polar surface area (TPSA) is 97.1 Å². The summed E-state index contributed by atoms with van der Waals surface area (Å²) in [6.07, 6.45) is 4.32. The fourth-order valence-corrected chi connectivity index (χ4v) is 1.79. The van der Waals surface area contributed by atoms with Gasteiger partial charge in [0.1, 0.15) is 5.69 Å². The van der Waals surface area contributed by atoms with E-state index >= 15 is 0 Å². The van der Waals surface area contributed by atoms with E-state index < -0.39 is 5.91 Å². The first kappa shape index (κ1) is 13.2. The number of hydrogen-bond donors (Lipinski definition) is 3. The minimum Gasteiger partial charge on any atom is -0.366 e. The largest absolute Gasteiger partial charge is 0.366 e. The van der Waals surface area contributed by atoms with Gasteiger partial charge in [-0.05, 0) is 25.1 Å². The van der Waals surface area contributed by atoms with Crippen LogP contribution < -0.4 is 16.4 Å². The van der Waals surface area contributed by atoms with Crippen molar-refractivity contribution in [1.29, 1.82) is 0 Å². The highest BCUT2D eigenvalue weighted by molar-refractivity contribution is 5.95. The van der Waals surface area contributed by atoms with E-state index in [1.807, 2.05) is 0 Å². The van der Waals surface area contributed by atoms with Crippen molar-refractivity contribution in [3.05, 3.63) is 41.2 Å². The minimum atomic E-state index is -0.556. The van der Waals surface area contributed by atoms with Crippen LogP contribution in [0.4, 0.5) is 0 Å². The van der Waals surface area contributed by atoms with Crippen LogP contribution in [0.1, 0.15) is 27.3 Å². The summed E-state index contributed by atoms with van der Waals surface area (Å²) in [6.45, 7) is 2.31. The fraction of sp³-hybridized carbons (Fsp3) is 0.308. The number of nitrogens with zero attached hydrogens (tertiary/aromatic N) is 1. The first-order valence-electron chi connectivity index (χ1n) is 6.09. The van der Waals surface area contributed by atoms with Crippen LogP contribution in [0.2, 0.25) is 0 Å². The number of carbonyl (C=O) groups excluding carboxylic acids is 2. The maximum atomic E-state index is 11.8. The quantitative estimate of drug-likeness (QED) is 0.655. The van der Waals surface area contributed by atoms with Crippen molar-refractivity contribution in [3.63, 3.8) is 0 Å². The molecular formula is C13H16N4O2. The molecule has 6 nitrogen and oxygen atoms in total. The number of rotatable bonds is 4. The average molecular weight is 260 g/mol. The molecular weight excluding hydrogens is 244 g/mol. The highest BCUT2D eigenvalue weighted by Crippen LogP contribution is 2.04. The molecule has 0 aliphatic carbocycles. The van der Waals surface area contributed by atoms with Crippen LogP contribution in [0.5, 0.6) is 0 Å². The van der Waals surface area contributed by atoms with Crippen LogP contribution in [0.15, 0.2) is 30.0 Å². The molecule has 0 fully saturated rings. The monoisotopic (exact) mass is 260 g/mol. The molecule has 19 heavy (non-hydrogen) atoms. The third-order valence-electron chi connectivity index (χ3n) is 2.91. The Morgan fingerprint density at radius 3 is 2.84 bits per heavy atom. The fourth-order valence-electron chi connectivity index (χ4n) is 1.79. The predicted octanol–water partition coefficient (Wildman–Crippen LogP) is -0.170. The summed E-state index contributed by atoms with van der Waals surface area (Å²) in [5.74, 6) is -0.810. The highest BCUT2D eigenvalue weighted by Gasteiger charge is 2.10. The predicted molar refractivity (Wildman–Crippen MR) is 70.7 cm³/mol. The van der Waals surface area contributed by atoms with Crippen LogP contribution in [0, 0.1) is 0 Å². The third-order valence-corrected chi connectivity index (χ3v) is 2.91. The van der Waals surface area contributed by atoms with Gasteiger partial charge in [-0.1, -0.05) is 11.6 Å². The van der Waals surface area contributed by atoms with Crippen molar-refractivity contribution >= 4 is 11.8 Å². The lowest BCUT2D eigenvalue weighted by atomic mass is 10.1. The van der Waals surface area contributed by atoms with Gasteiger partial charge in [0.25, 0.3) is 5.91 Å². The Labute approximate surface area is 111 Å². The number of primary amides is 1. The van der Waals surface area contributed by atoms with Crippen molar-refractivity contribution in [2.24, 2.45) is 5.73 Å². The van der Waals surface area contributed by atoms with Gasteiger partial charge in [0.15, 0.2) is 0 Å². The van der Waals surface area contributed by atoms with Crippen molar-refractivity contribution in [2.45, 2.75) is 6.42 Å². The van der Waals surface area contributed by atoms with E-state index in [1.54, 1.807) is 0 Å². The molecule has 0 saturated heterocycles. The summed E-state index contributed by atoms with van der Waals surface area (Å²) >= 11 is 0. The molecule has 0 radical (unpaired) electrons. The lowest BCUT2D eigenvalue weighted by molar-refractivity contribution is 0.0948. The summed E-state index contributed by atoms with van der Waals surface area (Å²) < 4.78 is 0. The van der Waals surface area contributed by atoms with Gasteiger partial charge in [0.05, 0.1) is 5.56 Å². The molecule has 0 bridgehead atoms. The summed E-state index contributed by atoms with van der Waals surface area (Å²) in [5.41, 5.74) is 6.88. The molecule has 1 aromatic heterocycles. The first-order valence-corrected chi connectivity index (χ1v) is 6.09. The molecule has 0 unspecified atom stereocenters. The van der Waals surface area contributed by atoms with Gasteiger partial charge in [0, 0.05) is 19.3 Å². The van der Waals surface area contributed by atoms with Crippen molar-refractivity contribution in [1.82, 2.24) is 15.6 Å². The molecule has 2 amide bonds. The molecule has 2 rings (SSSR count). The molecule has 0 atom stereocenters.